The summed E-state index contributed by atoms with van der Waals surface area (Å²) in [5, 5.41) is 94.0. The van der Waals surface area contributed by atoms with E-state index in [9.17, 15) is 55.5 Å². The Kier molecular flexibility index (Phi) is 10.2. The highest BCUT2D eigenvalue weighted by molar-refractivity contribution is 6.09. The number of hydrogen-bond acceptors (Lipinski definition) is 13. The number of H-pyrrole nitrogens is 1. The smallest absolute Gasteiger partial charge is 0.355 e. The van der Waals surface area contributed by atoms with Gasteiger partial charge in [0.1, 0.15) is 35.9 Å². The second kappa shape index (κ2) is 14.6. The predicted octanol–water partition coefficient (Wildman–Crippen LogP) is 0.846. The maximum atomic E-state index is 14.0. The lowest BCUT2D eigenvalue weighted by atomic mass is 9.88. The molecule has 1 fully saturated rings. The Balaban J connectivity index is 1.37. The SMILES string of the molecule is O=C(O)C1C(CCc2ccccc2O)c2cc(O)c(OC3(O)OC(CO)C(O)C(O)C3O)cc2N1C(=O)C=Cc1ccc(O)c(Cc2cnc[nH]2)c1. The largest absolute Gasteiger partial charge is 0.508 e. The molecule has 3 aromatic carbocycles. The highest BCUT2D eigenvalue weighted by Crippen LogP contribution is 2.49. The molecule has 4 aromatic rings. The second-order valence-corrected chi connectivity index (χ2v) is 12.6. The summed E-state index contributed by atoms with van der Waals surface area (Å²) in [6.07, 6.45) is -1.52. The molecule has 16 heteroatoms. The Morgan fingerprint density at radius 3 is 2.42 bits per heavy atom. The number of fused-ring (bicyclic) bond motifs is 1. The molecular formula is C36H37N3O13. The summed E-state index contributed by atoms with van der Waals surface area (Å²) in [5.41, 5.74) is 2.45. The van der Waals surface area contributed by atoms with Crippen molar-refractivity contribution in [3.8, 4) is 23.0 Å². The number of aryl methyl sites for hydroxylation is 1. The standard InChI is InChI=1S/C36H37N3O13/c40-16-29-32(45)33(46)34(47)36(50,52-29)51-28-14-24-23(13-27(28)43)22(8-7-19-3-1-2-4-25(19)41)31(35(48)49)39(24)30(44)10-6-18-5-9-26(42)20(11-18)12-21-15-37-17-38-21/h1-6,9-11,13-15,17,22,29,31-34,40-43,45-47,50H,7-8,12,16H2,(H,37,38)(H,48,49). The molecule has 10 N–H and O–H groups in total. The van der Waals surface area contributed by atoms with Crippen molar-refractivity contribution >= 4 is 23.6 Å². The van der Waals surface area contributed by atoms with E-state index in [0.717, 1.165) is 28.8 Å². The molecule has 7 unspecified atom stereocenters. The van der Waals surface area contributed by atoms with E-state index in [2.05, 4.69) is 9.97 Å². The topological polar surface area (TPSA) is 267 Å². The van der Waals surface area contributed by atoms with E-state index in [1.54, 1.807) is 36.5 Å². The number of rotatable bonds is 11. The van der Waals surface area contributed by atoms with Crippen molar-refractivity contribution in [2.75, 3.05) is 11.5 Å². The Bertz CT molecular complexity index is 1970. The summed E-state index contributed by atoms with van der Waals surface area (Å²) in [6.45, 7) is -0.897. The van der Waals surface area contributed by atoms with Crippen molar-refractivity contribution in [1.29, 1.82) is 0 Å². The van der Waals surface area contributed by atoms with Crippen molar-refractivity contribution in [3.05, 3.63) is 101 Å². The van der Waals surface area contributed by atoms with Crippen LogP contribution in [0.4, 0.5) is 5.69 Å². The molecular weight excluding hydrogens is 682 g/mol. The fourth-order valence-corrected chi connectivity index (χ4v) is 6.60. The van der Waals surface area contributed by atoms with Crippen molar-refractivity contribution in [2.45, 2.75) is 61.6 Å². The van der Waals surface area contributed by atoms with Crippen LogP contribution in [0.1, 0.15) is 40.3 Å². The van der Waals surface area contributed by atoms with Gasteiger partial charge in [-0.2, -0.15) is 0 Å². The lowest BCUT2D eigenvalue weighted by Gasteiger charge is -2.44. The Morgan fingerprint density at radius 1 is 0.981 bits per heavy atom. The van der Waals surface area contributed by atoms with E-state index in [1.165, 1.54) is 24.5 Å². The number of aliphatic hydroxyl groups excluding tert-OH is 4. The Hall–Kier alpha value is -5.49. The first kappa shape index (κ1) is 36.3. The molecule has 0 aliphatic carbocycles. The average Bonchev–Trinajstić information content (AvgIpc) is 3.75. The maximum absolute atomic E-state index is 14.0. The van der Waals surface area contributed by atoms with E-state index in [4.69, 9.17) is 9.47 Å². The van der Waals surface area contributed by atoms with Crippen LogP contribution >= 0.6 is 0 Å². The van der Waals surface area contributed by atoms with Gasteiger partial charge in [-0.15, -0.1) is 0 Å². The Morgan fingerprint density at radius 2 is 1.73 bits per heavy atom. The molecule has 0 radical (unpaired) electrons. The highest BCUT2D eigenvalue weighted by Gasteiger charge is 2.56. The number of phenolic OH excluding ortho intramolecular Hbond substituents is 3. The van der Waals surface area contributed by atoms with Gasteiger partial charge in [-0.05, 0) is 59.9 Å². The number of benzene rings is 3. The van der Waals surface area contributed by atoms with Crippen molar-refractivity contribution in [3.63, 3.8) is 0 Å². The van der Waals surface area contributed by atoms with Gasteiger partial charge in [-0.25, -0.2) is 9.78 Å². The van der Waals surface area contributed by atoms with Crippen molar-refractivity contribution in [2.24, 2.45) is 0 Å². The molecule has 1 aromatic heterocycles. The van der Waals surface area contributed by atoms with Gasteiger partial charge >= 0.3 is 11.9 Å². The van der Waals surface area contributed by atoms with Crippen LogP contribution in [0.2, 0.25) is 0 Å². The lowest BCUT2D eigenvalue weighted by molar-refractivity contribution is -0.422. The van der Waals surface area contributed by atoms with Crippen molar-refractivity contribution in [1.82, 2.24) is 9.97 Å². The fourth-order valence-electron chi connectivity index (χ4n) is 6.60. The zero-order valence-corrected chi connectivity index (χ0v) is 27.4. The molecule has 0 bridgehead atoms. The van der Waals surface area contributed by atoms with Crippen LogP contribution in [0.5, 0.6) is 23.0 Å². The van der Waals surface area contributed by atoms with Gasteiger partial charge in [0.2, 0.25) is 0 Å². The van der Waals surface area contributed by atoms with Gasteiger partial charge in [0.15, 0.2) is 17.6 Å². The summed E-state index contributed by atoms with van der Waals surface area (Å²) in [7, 11) is 0. The number of carbonyl (C=O) groups is 2. The normalized spacial score (nSPS) is 25.7. The molecule has 0 spiro atoms. The van der Waals surface area contributed by atoms with E-state index in [1.807, 2.05) is 0 Å². The summed E-state index contributed by atoms with van der Waals surface area (Å²) < 4.78 is 10.6. The highest BCUT2D eigenvalue weighted by atomic mass is 16.8. The van der Waals surface area contributed by atoms with Crippen LogP contribution in [0.15, 0.2) is 73.2 Å². The number of carboxylic acids is 1. The molecule has 274 valence electrons. The van der Waals surface area contributed by atoms with E-state index >= 15 is 0 Å². The number of phenols is 3. The molecule has 2 aliphatic rings. The van der Waals surface area contributed by atoms with Crippen LogP contribution in [-0.4, -0.2) is 111 Å². The summed E-state index contributed by atoms with van der Waals surface area (Å²) in [5.74, 6) is -7.51. The number of nitrogens with zero attached hydrogens (tertiary/aromatic N) is 2. The monoisotopic (exact) mass is 719 g/mol. The van der Waals surface area contributed by atoms with Gasteiger partial charge in [-0.1, -0.05) is 24.3 Å². The number of carbonyl (C=O) groups excluding carboxylic acids is 1. The van der Waals surface area contributed by atoms with Gasteiger partial charge < -0.3 is 60.4 Å². The number of aliphatic carboxylic acids is 1. The number of nitrogens with one attached hydrogen (secondary N) is 1. The zero-order chi connectivity index (χ0) is 37.3. The minimum atomic E-state index is -3.12. The minimum Gasteiger partial charge on any atom is -0.508 e. The summed E-state index contributed by atoms with van der Waals surface area (Å²) in [6, 6.07) is 11.8. The first-order valence-electron chi connectivity index (χ1n) is 16.2. The lowest BCUT2D eigenvalue weighted by Crippen LogP contribution is -2.67. The van der Waals surface area contributed by atoms with Gasteiger partial charge in [0.05, 0.1) is 18.6 Å². The molecule has 16 nitrogen and oxygen atoms in total. The third-order valence-electron chi connectivity index (χ3n) is 9.28. The number of para-hydroxylation sites is 1. The average molecular weight is 720 g/mol. The molecule has 1 amide bonds. The van der Waals surface area contributed by atoms with Crippen LogP contribution in [0, 0.1) is 0 Å². The maximum Gasteiger partial charge on any atom is 0.355 e. The molecule has 3 heterocycles. The number of anilines is 1. The quantitative estimate of drug-likeness (QED) is 0.0761. The zero-order valence-electron chi connectivity index (χ0n) is 27.4. The number of aromatic hydroxyl groups is 3. The molecule has 0 saturated carbocycles. The number of ether oxygens (including phenoxy) is 2. The van der Waals surface area contributed by atoms with Crippen LogP contribution in [0.3, 0.4) is 0 Å². The summed E-state index contributed by atoms with van der Waals surface area (Å²) >= 11 is 0. The number of carboxylic acid groups (broad SMARTS) is 1. The number of imidazole rings is 1. The van der Waals surface area contributed by atoms with Crippen LogP contribution < -0.4 is 9.64 Å². The molecule has 52 heavy (non-hydrogen) atoms. The van der Waals surface area contributed by atoms with Gasteiger partial charge in [0.25, 0.3) is 5.91 Å². The predicted molar refractivity (Wildman–Crippen MR) is 180 cm³/mol. The van der Waals surface area contributed by atoms with Crippen LogP contribution in [0.25, 0.3) is 6.08 Å². The molecule has 1 saturated heterocycles. The van der Waals surface area contributed by atoms with Crippen LogP contribution in [-0.2, 0) is 27.2 Å². The van der Waals surface area contributed by atoms with Gasteiger partial charge in [-0.3, -0.25) is 9.69 Å². The van der Waals surface area contributed by atoms with Crippen molar-refractivity contribution < 1.29 is 65.0 Å². The number of aromatic nitrogens is 2. The first-order chi connectivity index (χ1) is 24.8. The third-order valence-corrected chi connectivity index (χ3v) is 9.28. The fraction of sp³-hybridized carbons (Fsp3) is 0.306. The minimum absolute atomic E-state index is 0.0105. The molecule has 6 rings (SSSR count). The molecule has 7 atom stereocenters. The number of aromatic amines is 1. The third kappa shape index (κ3) is 7.03. The van der Waals surface area contributed by atoms with E-state index in [-0.39, 0.29) is 35.6 Å². The molecule has 2 aliphatic heterocycles. The van der Waals surface area contributed by atoms with Gasteiger partial charge in [0, 0.05) is 41.9 Å². The van der Waals surface area contributed by atoms with E-state index in [0.29, 0.717) is 23.1 Å². The Labute approximate surface area is 295 Å². The number of hydrogen-bond donors (Lipinski definition) is 10. The summed E-state index contributed by atoms with van der Waals surface area (Å²) in [4.78, 5) is 34.8. The first-order valence-corrected chi connectivity index (χ1v) is 16.2. The number of aliphatic hydroxyl groups is 5. The second-order valence-electron chi connectivity index (χ2n) is 12.6. The number of amides is 1. The van der Waals surface area contributed by atoms with E-state index < -0.39 is 72.3 Å².